The fraction of sp³-hybridized carbons (Fsp3) is 0.722. The number of nitrogens with zero attached hydrogens (tertiary/aromatic N) is 1. The molecule has 3 atom stereocenters. The first-order chi connectivity index (χ1) is 13.7. The van der Waals surface area contributed by atoms with Crippen molar-refractivity contribution in [1.82, 2.24) is 14.8 Å². The van der Waals surface area contributed by atoms with E-state index >= 15 is 0 Å². The van der Waals surface area contributed by atoms with E-state index < -0.39 is 15.3 Å². The van der Waals surface area contributed by atoms with Crippen LogP contribution in [0.4, 0.5) is 0 Å². The molecule has 0 aromatic carbocycles. The van der Waals surface area contributed by atoms with Gasteiger partial charge in [0.15, 0.2) is 0 Å². The van der Waals surface area contributed by atoms with Crippen LogP contribution in [0, 0.1) is 11.8 Å². The van der Waals surface area contributed by atoms with Gasteiger partial charge in [-0.1, -0.05) is 6.42 Å². The van der Waals surface area contributed by atoms with E-state index in [9.17, 15) is 18.0 Å². The molecule has 1 amide bonds. The number of aromatic nitrogens is 1. The number of aromatic amines is 1. The number of H-pyrrole nitrogens is 1. The first-order valence-electron chi connectivity index (χ1n) is 9.72. The average Bonchev–Trinajstić information content (AvgIpc) is 3.27. The van der Waals surface area contributed by atoms with Crippen molar-refractivity contribution in [3.63, 3.8) is 0 Å². The van der Waals surface area contributed by atoms with Crippen LogP contribution in [0.2, 0.25) is 0 Å². The van der Waals surface area contributed by atoms with Crippen molar-refractivity contribution in [2.24, 2.45) is 11.8 Å². The van der Waals surface area contributed by atoms with E-state index in [4.69, 9.17) is 14.4 Å². The molecule has 0 bridgehead atoms. The van der Waals surface area contributed by atoms with Gasteiger partial charge in [-0.3, -0.25) is 14.4 Å². The van der Waals surface area contributed by atoms with Gasteiger partial charge in [-0.25, -0.2) is 12.7 Å². The fourth-order valence-electron chi connectivity index (χ4n) is 4.08. The molecule has 3 N–H and O–H groups in total. The van der Waals surface area contributed by atoms with Crippen LogP contribution in [0.25, 0.3) is 0 Å². The molecule has 2 aliphatic rings. The summed E-state index contributed by atoms with van der Waals surface area (Å²) in [5.74, 6) is 0.850. The second kappa shape index (κ2) is 10.1. The van der Waals surface area contributed by atoms with Crippen LogP contribution in [-0.4, -0.2) is 59.7 Å². The first kappa shape index (κ1) is 23.1. The monoisotopic (exact) mass is 431 g/mol. The minimum absolute atomic E-state index is 0.00634. The summed E-state index contributed by atoms with van der Waals surface area (Å²) in [6.07, 6.45) is 3.48. The topological polar surface area (TPSA) is 150 Å². The molecule has 1 aliphatic carbocycles. The molecule has 1 saturated heterocycles. The van der Waals surface area contributed by atoms with Crippen molar-refractivity contribution in [3.05, 3.63) is 22.2 Å². The summed E-state index contributed by atoms with van der Waals surface area (Å²) in [6.45, 7) is 4.21. The molecule has 3 rings (SSSR count). The zero-order valence-corrected chi connectivity index (χ0v) is 17.5. The number of rotatable bonds is 6. The number of aryl methyl sites for hydroxylation is 1. The lowest BCUT2D eigenvalue weighted by Gasteiger charge is -2.33. The Bertz CT molecular complexity index is 846. The van der Waals surface area contributed by atoms with E-state index in [1.165, 1.54) is 6.07 Å². The van der Waals surface area contributed by atoms with E-state index in [-0.39, 0.29) is 36.3 Å². The Morgan fingerprint density at radius 3 is 2.69 bits per heavy atom. The van der Waals surface area contributed by atoms with Gasteiger partial charge in [-0.15, -0.1) is 0 Å². The van der Waals surface area contributed by atoms with Gasteiger partial charge < -0.3 is 14.9 Å². The van der Waals surface area contributed by atoms with Gasteiger partial charge in [0.05, 0.1) is 5.25 Å². The molecule has 0 unspecified atom stereocenters. The quantitative estimate of drug-likeness (QED) is 0.557. The van der Waals surface area contributed by atoms with Crippen LogP contribution in [0.3, 0.4) is 0 Å². The van der Waals surface area contributed by atoms with Crippen LogP contribution in [-0.2, 0) is 26.0 Å². The molecule has 1 aromatic heterocycles. The maximum atomic E-state index is 12.5. The number of sulfonamides is 1. The maximum Gasteiger partial charge on any atom is 0.290 e. The van der Waals surface area contributed by atoms with Crippen LogP contribution in [0.5, 0.6) is 0 Å². The largest absolute Gasteiger partial charge is 0.483 e. The molecule has 1 aromatic rings. The highest BCUT2D eigenvalue weighted by Crippen LogP contribution is 2.38. The number of hydrogen-bond donors (Lipinski definition) is 3. The van der Waals surface area contributed by atoms with Crippen molar-refractivity contribution < 1.29 is 27.6 Å². The number of nitrogens with one attached hydrogen (secondary N) is 2. The summed E-state index contributed by atoms with van der Waals surface area (Å²) in [4.78, 5) is 31.7. The van der Waals surface area contributed by atoms with E-state index in [1.54, 1.807) is 18.2 Å². The van der Waals surface area contributed by atoms with Crippen LogP contribution in [0.1, 0.15) is 45.3 Å². The molecule has 11 heteroatoms. The summed E-state index contributed by atoms with van der Waals surface area (Å²) >= 11 is 0. The Morgan fingerprint density at radius 1 is 1.41 bits per heavy atom. The second-order valence-corrected chi connectivity index (χ2v) is 10.2. The van der Waals surface area contributed by atoms with Crippen molar-refractivity contribution in [2.45, 2.75) is 57.2 Å². The molecule has 2 heterocycles. The summed E-state index contributed by atoms with van der Waals surface area (Å²) in [7, 11) is -3.26. The lowest BCUT2D eigenvalue weighted by molar-refractivity contribution is -0.123. The zero-order valence-electron chi connectivity index (χ0n) is 16.7. The molecule has 0 spiro atoms. The van der Waals surface area contributed by atoms with Crippen LogP contribution < -0.4 is 10.9 Å². The highest BCUT2D eigenvalue weighted by molar-refractivity contribution is 7.89. The normalized spacial score (nSPS) is 24.4. The molecule has 0 radical (unpaired) electrons. The van der Waals surface area contributed by atoms with Crippen molar-refractivity contribution in [1.29, 1.82) is 0 Å². The third-order valence-corrected chi connectivity index (χ3v) is 7.75. The number of carbonyl (C=O) groups excluding carboxylic acids is 1. The van der Waals surface area contributed by atoms with Crippen molar-refractivity contribution in [3.8, 4) is 0 Å². The Hall–Kier alpha value is -2.14. The maximum absolute atomic E-state index is 12.5. The summed E-state index contributed by atoms with van der Waals surface area (Å²) in [6, 6.07) is 1.35. The van der Waals surface area contributed by atoms with Crippen LogP contribution in [0.15, 0.2) is 15.4 Å². The minimum atomic E-state index is -3.26. The highest BCUT2D eigenvalue weighted by Gasteiger charge is 2.44. The van der Waals surface area contributed by atoms with Crippen molar-refractivity contribution >= 4 is 22.4 Å². The smallest absolute Gasteiger partial charge is 0.290 e. The molecule has 29 heavy (non-hydrogen) atoms. The molecular formula is C18H29N3O7S. The molecule has 164 valence electrons. The Kier molecular flexibility index (Phi) is 8.03. The van der Waals surface area contributed by atoms with Gasteiger partial charge in [0.2, 0.25) is 15.9 Å². The standard InChI is InChI=1S/C17H27N3O5S.CH2O2/c1-11(2)26(23,24)20-9-12-4-3-5-15(14(12)10-20)18-16(21)7-6-13-8-17(22)19-25-13;2-1-3/h8,11-12,14-15H,3-7,9-10H2,1-2H3,(H,18,21)(H,19,22);1H,(H,2,3)/t12-,14+,15-;/m0./s1. The van der Waals surface area contributed by atoms with E-state index in [0.717, 1.165) is 19.3 Å². The average molecular weight is 432 g/mol. The van der Waals surface area contributed by atoms with E-state index in [1.807, 2.05) is 0 Å². The predicted octanol–water partition coefficient (Wildman–Crippen LogP) is 0.556. The second-order valence-electron chi connectivity index (χ2n) is 7.72. The fourth-order valence-corrected chi connectivity index (χ4v) is 5.45. The van der Waals surface area contributed by atoms with E-state index in [0.29, 0.717) is 31.2 Å². The van der Waals surface area contributed by atoms with Crippen molar-refractivity contribution in [2.75, 3.05) is 13.1 Å². The molecular weight excluding hydrogens is 402 g/mol. The summed E-state index contributed by atoms with van der Waals surface area (Å²) in [5, 5.41) is 11.8. The minimum Gasteiger partial charge on any atom is -0.483 e. The van der Waals surface area contributed by atoms with Gasteiger partial charge in [-0.05, 0) is 38.5 Å². The van der Waals surface area contributed by atoms with Gasteiger partial charge in [-0.2, -0.15) is 5.16 Å². The molecule has 1 aliphatic heterocycles. The number of amides is 1. The summed E-state index contributed by atoms with van der Waals surface area (Å²) in [5.41, 5.74) is -0.312. The van der Waals surface area contributed by atoms with Gasteiger partial charge in [0.1, 0.15) is 5.76 Å². The molecule has 2 fully saturated rings. The third kappa shape index (κ3) is 5.92. The SMILES string of the molecule is CC(C)S(=O)(=O)N1C[C@@H]2CCC[C@H](NC(=O)CCc3cc(=O)[nH]o3)[C@@H]2C1.O=CO. The number of fused-ring (bicyclic) bond motifs is 1. The Morgan fingerprint density at radius 2 is 2.10 bits per heavy atom. The predicted molar refractivity (Wildman–Crippen MR) is 105 cm³/mol. The Labute approximate surface area is 169 Å². The first-order valence-corrected chi connectivity index (χ1v) is 11.2. The molecule has 10 nitrogen and oxygen atoms in total. The van der Waals surface area contributed by atoms with Gasteiger partial charge in [0, 0.05) is 38.0 Å². The van der Waals surface area contributed by atoms with Crippen LogP contribution >= 0.6 is 0 Å². The highest BCUT2D eigenvalue weighted by atomic mass is 32.2. The number of carbonyl (C=O) groups is 2. The lowest BCUT2D eigenvalue weighted by Crippen LogP contribution is -2.45. The lowest BCUT2D eigenvalue weighted by atomic mass is 9.78. The zero-order chi connectivity index (χ0) is 21.6. The Balaban J connectivity index is 0.000000941. The number of hydrogen-bond acceptors (Lipinski definition) is 6. The number of carboxylic acid groups (broad SMARTS) is 1. The van der Waals surface area contributed by atoms with Gasteiger partial charge in [0.25, 0.3) is 12.0 Å². The van der Waals surface area contributed by atoms with E-state index in [2.05, 4.69) is 10.5 Å². The van der Waals surface area contributed by atoms with Gasteiger partial charge >= 0.3 is 0 Å². The molecule has 1 saturated carbocycles. The summed E-state index contributed by atoms with van der Waals surface area (Å²) < 4.78 is 31.5. The third-order valence-electron chi connectivity index (χ3n) is 5.54.